The van der Waals surface area contributed by atoms with E-state index in [1.165, 1.54) is 85.3 Å². The minimum absolute atomic E-state index is 0.0215. The van der Waals surface area contributed by atoms with Gasteiger partial charge in [-0.05, 0) is 228 Å². The number of hydrogen-bond acceptors (Lipinski definition) is 32. The Morgan fingerprint density at radius 3 is 1.29 bits per heavy atom. The third kappa shape index (κ3) is 46.1. The number of ether oxygens (including phenoxy) is 14. The lowest BCUT2D eigenvalue weighted by atomic mass is 9.97. The van der Waals surface area contributed by atoms with Crippen LogP contribution in [0.2, 0.25) is 5.02 Å². The smallest absolute Gasteiger partial charge is 0.416 e. The molecule has 5 unspecified atom stereocenters. The number of nitrogens with one attached hydrogen (secondary N) is 1. The van der Waals surface area contributed by atoms with Crippen LogP contribution in [0.4, 0.5) is 24.5 Å². The largest absolute Gasteiger partial charge is 0.497 e. The standard InChI is InChI=1S/C31H36ClNO7S2.C26H30F3NO5S2.C26H34O6S2.C25H38O5S2/c1-21-26(27-19-24(37-2)11-12-28(27)33(21)31(36)22-7-9-23(32)10-8-22)20-30(35)40-17-15-38-14-16-39-29(34)6-4-3-5-25-13-18-41-42-25;27-26(28,29)19-6-5-7-20(18-19)30-23-10-3-2-9-22(23)25(32)35-16-14-33-13-15-34-24(31)11-4-1-8-21-12-17-36-37-21;1-19(20-7-8-22-18-23(29-2)10-9-21(22)17-20)26(28)32-15-13-30-12-14-31-25(27)6-4-3-5-24-11-16-33-34-24;1-19(2)18-21-8-10-22(11-9-21)20(3)25(27)30-16-14-28-13-15-29-24(26)7-5-4-6-23-12-17-31-32-23/h7-12,19,25H,3-6,13-18,20H2,1-2H3;2-3,5-7,9-10,18,21,30H,1,4,8,11-17H2;7-10,17-19,24H,3-6,11-16H2,1-2H3;8-11,19-20,23H,4-7,12-18H2,1-3H3/t;;19-,24?;/m..0./s1. The molecule has 7 aromatic carbocycles. The number of rotatable bonds is 58. The first-order valence-electron chi connectivity index (χ1n) is 49.6. The van der Waals surface area contributed by atoms with E-state index in [4.69, 9.17) is 77.9 Å². The van der Waals surface area contributed by atoms with Crippen LogP contribution >= 0.6 is 98.0 Å². The number of nitrogens with zero attached hydrogens (tertiary/aromatic N) is 1. The van der Waals surface area contributed by atoms with Gasteiger partial charge in [-0.1, -0.05) is 204 Å². The minimum atomic E-state index is -4.47. The summed E-state index contributed by atoms with van der Waals surface area (Å²) < 4.78 is 115. The van der Waals surface area contributed by atoms with Crippen molar-refractivity contribution in [1.29, 1.82) is 0 Å². The number of halogens is 4. The van der Waals surface area contributed by atoms with E-state index in [9.17, 15) is 56.3 Å². The second kappa shape index (κ2) is 68.6. The van der Waals surface area contributed by atoms with E-state index >= 15 is 0 Å². The molecule has 6 atom stereocenters. The number of fused-ring (bicyclic) bond motifs is 2. The van der Waals surface area contributed by atoms with Crippen molar-refractivity contribution in [3.05, 3.63) is 201 Å². The molecule has 4 aliphatic rings. The number of anilines is 2. The third-order valence-electron chi connectivity index (χ3n) is 23.6. The first-order valence-corrected chi connectivity index (χ1v) is 59.5. The summed E-state index contributed by atoms with van der Waals surface area (Å²) in [6.07, 6.45) is 15.7. The maximum atomic E-state index is 13.4. The van der Waals surface area contributed by atoms with Gasteiger partial charge in [-0.15, -0.1) is 0 Å². The SMILES string of the molecule is CC(C)Cc1ccc(C(C)C(=O)OCCOCCOC(=O)CCCCC2CCSS2)cc1.COc1ccc2c(c1)c(CC(=O)OCCOCCOC(=O)CCCCC1CCSS1)c(C)n2C(=O)c1ccc(Cl)cc1.COc1ccc2cc([C@H](C)C(=O)OCCOCCOC(=O)CCCCC3CCSS3)ccc2c1.O=C(CCCCC1CCSS1)OCCOCCOC(=O)c1ccccc1Nc1cccc(C(F)(F)F)c1. The molecule has 12 rings (SSSR count). The lowest BCUT2D eigenvalue weighted by Crippen LogP contribution is -2.17. The zero-order valence-electron chi connectivity index (χ0n) is 83.8. The monoisotopic (exact) mass is 2180 g/mol. The molecule has 0 amide bonds. The fourth-order valence-corrected chi connectivity index (χ4v) is 27.8. The van der Waals surface area contributed by atoms with E-state index in [2.05, 4.69) is 31.3 Å². The molecule has 0 spiro atoms. The highest BCUT2D eigenvalue weighted by Crippen LogP contribution is 2.44. The van der Waals surface area contributed by atoms with Gasteiger partial charge in [0.25, 0.3) is 5.91 Å². The van der Waals surface area contributed by atoms with Crippen molar-refractivity contribution in [3.8, 4) is 11.5 Å². The van der Waals surface area contributed by atoms with Crippen LogP contribution in [0.5, 0.6) is 11.5 Å². The zero-order valence-corrected chi connectivity index (χ0v) is 91.1. The number of alkyl halides is 3. The average molecular weight is 2180 g/mol. The quantitative estimate of drug-likeness (QED) is 0.0160. The summed E-state index contributed by atoms with van der Waals surface area (Å²) in [7, 11) is 18.8. The molecule has 37 heteroatoms. The van der Waals surface area contributed by atoms with Crippen LogP contribution in [0.15, 0.2) is 152 Å². The summed E-state index contributed by atoms with van der Waals surface area (Å²) in [6.45, 7) is 12.9. The van der Waals surface area contributed by atoms with Crippen LogP contribution < -0.4 is 14.8 Å². The Morgan fingerprint density at radius 1 is 0.428 bits per heavy atom. The van der Waals surface area contributed by atoms with Crippen molar-refractivity contribution in [2.45, 2.75) is 215 Å². The van der Waals surface area contributed by atoms with Gasteiger partial charge in [-0.3, -0.25) is 42.9 Å². The summed E-state index contributed by atoms with van der Waals surface area (Å²) in [5.41, 5.74) is 5.51. The van der Waals surface area contributed by atoms with Gasteiger partial charge < -0.3 is 71.6 Å². The van der Waals surface area contributed by atoms with Crippen LogP contribution in [0.1, 0.15) is 222 Å². The normalized spacial score (nSPS) is 15.7. The first kappa shape index (κ1) is 120. The topological polar surface area (TPSA) is 300 Å². The number of methoxy groups -OCH3 is 2. The van der Waals surface area contributed by atoms with E-state index in [1.807, 2.05) is 155 Å². The van der Waals surface area contributed by atoms with Crippen molar-refractivity contribution in [2.75, 3.05) is 148 Å². The van der Waals surface area contributed by atoms with E-state index in [1.54, 1.807) is 80.3 Å². The molecule has 5 heterocycles. The van der Waals surface area contributed by atoms with E-state index in [0.29, 0.717) is 95.5 Å². The number of carbonyl (C=O) groups excluding carboxylic acids is 9. The highest BCUT2D eigenvalue weighted by Gasteiger charge is 2.32. The molecule has 1 aromatic heterocycles. The van der Waals surface area contributed by atoms with Crippen LogP contribution in [0.25, 0.3) is 21.7 Å². The summed E-state index contributed by atoms with van der Waals surface area (Å²) >= 11 is 6.00. The molecule has 145 heavy (non-hydrogen) atoms. The molecule has 0 aliphatic carbocycles. The Morgan fingerprint density at radius 2 is 0.841 bits per heavy atom. The van der Waals surface area contributed by atoms with Gasteiger partial charge in [-0.2, -0.15) is 13.2 Å². The highest BCUT2D eigenvalue weighted by molar-refractivity contribution is 8.78. The van der Waals surface area contributed by atoms with Crippen molar-refractivity contribution < 1.29 is 123 Å². The van der Waals surface area contributed by atoms with E-state index in [-0.39, 0.29) is 157 Å². The van der Waals surface area contributed by atoms with Crippen LogP contribution in [0.3, 0.4) is 0 Å². The van der Waals surface area contributed by atoms with Crippen LogP contribution in [-0.4, -0.2) is 222 Å². The first-order chi connectivity index (χ1) is 70.2. The molecule has 4 saturated heterocycles. The Balaban J connectivity index is 0.000000216. The van der Waals surface area contributed by atoms with Crippen LogP contribution in [-0.2, 0) is 109 Å². The highest BCUT2D eigenvalue weighted by atomic mass is 35.5. The molecule has 4 aliphatic heterocycles. The summed E-state index contributed by atoms with van der Waals surface area (Å²) in [5.74, 6) is 3.63. The van der Waals surface area contributed by atoms with Crippen molar-refractivity contribution >= 4 is 185 Å². The van der Waals surface area contributed by atoms with Gasteiger partial charge >= 0.3 is 53.9 Å². The summed E-state index contributed by atoms with van der Waals surface area (Å²) in [5, 5.41) is 9.17. The number of aromatic nitrogens is 1. The molecular weight excluding hydrogens is 2040 g/mol. The predicted octanol–water partition coefficient (Wildman–Crippen LogP) is 25.1. The lowest BCUT2D eigenvalue weighted by molar-refractivity contribution is -0.149. The van der Waals surface area contributed by atoms with Gasteiger partial charge in [0.2, 0.25) is 0 Å². The molecule has 0 radical (unpaired) electrons. The van der Waals surface area contributed by atoms with Gasteiger partial charge in [0.1, 0.15) is 64.4 Å². The molecule has 8 aromatic rings. The number of hydrogen-bond donors (Lipinski definition) is 1. The zero-order chi connectivity index (χ0) is 104. The number of para-hydroxylation sites is 1. The molecular formula is C108H138ClF3N2O23S8. The molecule has 1 N–H and O–H groups in total. The summed E-state index contributed by atoms with van der Waals surface area (Å²) in [4.78, 5) is 111. The molecule has 0 saturated carbocycles. The fraction of sp³-hybridized carbons (Fsp3) is 0.528. The maximum Gasteiger partial charge on any atom is 0.416 e. The fourth-order valence-electron chi connectivity index (χ4n) is 15.5. The van der Waals surface area contributed by atoms with Gasteiger partial charge in [0.05, 0.1) is 108 Å². The second-order valence-corrected chi connectivity index (χ2v) is 46.7. The molecule has 0 bridgehead atoms. The Bertz CT molecular complexity index is 5250. The average Bonchev–Trinajstić information content (AvgIpc) is 1.60. The predicted molar refractivity (Wildman–Crippen MR) is 580 cm³/mol. The molecule has 794 valence electrons. The number of unbranched alkanes of at least 4 members (excludes halogenated alkanes) is 4. The Hall–Kier alpha value is -8.11. The van der Waals surface area contributed by atoms with Crippen LogP contribution in [0, 0.1) is 12.8 Å². The minimum Gasteiger partial charge on any atom is -0.497 e. The molecule has 25 nitrogen and oxygen atoms in total. The number of benzene rings is 7. The van der Waals surface area contributed by atoms with Crippen molar-refractivity contribution in [3.63, 3.8) is 0 Å². The lowest BCUT2D eigenvalue weighted by Gasteiger charge is -2.13. The number of carbonyl (C=O) groups is 9. The van der Waals surface area contributed by atoms with Gasteiger partial charge in [0, 0.05) is 97.0 Å². The van der Waals surface area contributed by atoms with E-state index < -0.39 is 23.7 Å². The Kier molecular flexibility index (Phi) is 56.9. The number of esters is 8. The van der Waals surface area contributed by atoms with Gasteiger partial charge in [0.15, 0.2) is 0 Å². The molecule has 4 fully saturated rings. The van der Waals surface area contributed by atoms with E-state index in [0.717, 1.165) is 132 Å². The third-order valence-corrected chi connectivity index (χ3v) is 35.8. The van der Waals surface area contributed by atoms with Crippen molar-refractivity contribution in [1.82, 2.24) is 4.57 Å². The summed E-state index contributed by atoms with van der Waals surface area (Å²) in [6, 6.07) is 43.1. The van der Waals surface area contributed by atoms with Gasteiger partial charge in [-0.25, -0.2) is 4.79 Å². The second-order valence-electron chi connectivity index (χ2n) is 35.1. The maximum absolute atomic E-state index is 13.4. The van der Waals surface area contributed by atoms with Crippen molar-refractivity contribution in [2.24, 2.45) is 5.92 Å². The Labute approximate surface area is 887 Å².